The Morgan fingerprint density at radius 1 is 0.217 bits per heavy atom. The molecule has 92 heavy (non-hydrogen) atoms. The lowest BCUT2D eigenvalue weighted by Crippen LogP contribution is -2.17. The van der Waals surface area contributed by atoms with Crippen LogP contribution in [0.15, 0.2) is 309 Å². The topological polar surface area (TPSA) is 43.5 Å². The lowest BCUT2D eigenvalue weighted by molar-refractivity contribution is 1.03. The van der Waals surface area contributed by atoms with E-state index in [0.29, 0.717) is 5.56 Å². The summed E-state index contributed by atoms with van der Waals surface area (Å²) in [7, 11) is 0. The molecule has 0 radical (unpaired) electrons. The maximum atomic E-state index is 13.3. The SMILES string of the molecule is Cc1cccc(C)c1-c1c(-n2c3ccc(-c4ccccc4)cc3c3cc(-c4ccccc4)ccc32)c(-n2c3ccccc3c3ccccc32)c(C#N)c(-n2c3ccccc3c3ccccc32)c1-n1c2ccc(-c3ccccc3)cc2c2cc(-c3ccccc3)ccc21. The Balaban J connectivity index is 1.14. The predicted octanol–water partition coefficient (Wildman–Crippen LogP) is 22.9. The number of rotatable bonds is 9. The lowest BCUT2D eigenvalue weighted by Gasteiger charge is -2.30. The summed E-state index contributed by atoms with van der Waals surface area (Å²) in [5.41, 5.74) is 25.2. The van der Waals surface area contributed by atoms with Gasteiger partial charge in [-0.25, -0.2) is 0 Å². The number of para-hydroxylation sites is 4. The van der Waals surface area contributed by atoms with Gasteiger partial charge in [0.1, 0.15) is 11.6 Å². The van der Waals surface area contributed by atoms with Crippen LogP contribution in [0.1, 0.15) is 16.7 Å². The summed E-state index contributed by atoms with van der Waals surface area (Å²) in [6.07, 6.45) is 0. The Bertz CT molecular complexity index is 5410. The summed E-state index contributed by atoms with van der Waals surface area (Å²) in [5.74, 6) is 0. The van der Waals surface area contributed by atoms with Gasteiger partial charge in [0.2, 0.25) is 0 Å². The highest BCUT2D eigenvalue weighted by atomic mass is 15.1. The molecule has 0 fully saturated rings. The summed E-state index contributed by atoms with van der Waals surface area (Å²) >= 11 is 0. The quantitative estimate of drug-likeness (QED) is 0.142. The molecule has 14 aromatic carbocycles. The molecular weight excluding hydrogens is 1110 g/mol. The van der Waals surface area contributed by atoms with Crippen molar-refractivity contribution in [3.63, 3.8) is 0 Å². The molecule has 0 aliphatic heterocycles. The summed E-state index contributed by atoms with van der Waals surface area (Å²) in [5, 5.41) is 22.1. The molecule has 0 saturated carbocycles. The Labute approximate surface area is 532 Å². The maximum absolute atomic E-state index is 13.3. The van der Waals surface area contributed by atoms with Gasteiger partial charge in [0, 0.05) is 48.7 Å². The molecule has 18 aromatic rings. The summed E-state index contributed by atoms with van der Waals surface area (Å²) in [6.45, 7) is 4.53. The Morgan fingerprint density at radius 2 is 0.467 bits per heavy atom. The van der Waals surface area contributed by atoms with Crippen LogP contribution in [-0.2, 0) is 0 Å². The minimum Gasteiger partial charge on any atom is -0.306 e. The van der Waals surface area contributed by atoms with E-state index in [-0.39, 0.29) is 0 Å². The van der Waals surface area contributed by atoms with Gasteiger partial charge in [0.15, 0.2) is 0 Å². The lowest BCUT2D eigenvalue weighted by atomic mass is 9.88. The molecule has 0 aliphatic rings. The van der Waals surface area contributed by atoms with Crippen molar-refractivity contribution in [2.24, 2.45) is 0 Å². The first-order chi connectivity index (χ1) is 45.5. The monoisotopic (exact) mass is 1170 g/mol. The van der Waals surface area contributed by atoms with Crippen molar-refractivity contribution in [1.82, 2.24) is 18.3 Å². The van der Waals surface area contributed by atoms with E-state index in [2.05, 4.69) is 348 Å². The van der Waals surface area contributed by atoms with Crippen molar-refractivity contribution in [2.45, 2.75) is 13.8 Å². The fraction of sp³-hybridized carbons (Fsp3) is 0.0230. The van der Waals surface area contributed by atoms with Crippen molar-refractivity contribution in [2.75, 3.05) is 0 Å². The number of aromatic nitrogens is 4. The number of benzene rings is 14. The fourth-order valence-electron chi connectivity index (χ4n) is 15.2. The van der Waals surface area contributed by atoms with Crippen LogP contribution in [0.3, 0.4) is 0 Å². The minimum absolute atomic E-state index is 0.525. The first-order valence-corrected chi connectivity index (χ1v) is 31.6. The van der Waals surface area contributed by atoms with E-state index >= 15 is 0 Å². The molecular formula is C87H57N5. The van der Waals surface area contributed by atoms with Crippen LogP contribution < -0.4 is 0 Å². The molecule has 0 unspecified atom stereocenters. The predicted molar refractivity (Wildman–Crippen MR) is 385 cm³/mol. The first-order valence-electron chi connectivity index (χ1n) is 31.6. The van der Waals surface area contributed by atoms with Crippen LogP contribution in [0.2, 0.25) is 0 Å². The highest BCUT2D eigenvalue weighted by Crippen LogP contribution is 2.54. The van der Waals surface area contributed by atoms with Crippen molar-refractivity contribution in [1.29, 1.82) is 5.26 Å². The molecule has 0 atom stereocenters. The van der Waals surface area contributed by atoms with Gasteiger partial charge in [-0.15, -0.1) is 0 Å². The second-order valence-corrected chi connectivity index (χ2v) is 24.3. The third-order valence-corrected chi connectivity index (χ3v) is 19.3. The standard InChI is InChI=1S/C87H57N5/c1-55-24-23-25-56(2)82(55)83-86(91-78-46-42-61(57-26-7-3-8-27-57)50-69(78)70-51-62(43-47-79(70)91)58-28-9-4-10-29-58)84(89-74-38-19-15-34-65(74)66-35-16-20-39-75(66)89)73(54-88)85(90-76-40-21-17-36-67(76)68-37-18-22-41-77(68)90)87(83)92-80-48-44-63(59-30-11-5-12-31-59)52-71(80)72-53-64(45-49-81(72)92)60-32-13-6-14-33-60/h3-53H,1-2H3. The van der Waals surface area contributed by atoms with Crippen molar-refractivity contribution < 1.29 is 0 Å². The average Bonchev–Trinajstić information content (AvgIpc) is 1.42. The number of nitrogens with zero attached hydrogens (tertiary/aromatic N) is 5. The molecule has 0 N–H and O–H groups in total. The van der Waals surface area contributed by atoms with Crippen molar-refractivity contribution in [3.05, 3.63) is 326 Å². The van der Waals surface area contributed by atoms with Crippen molar-refractivity contribution in [3.8, 4) is 84.5 Å². The third-order valence-electron chi connectivity index (χ3n) is 19.3. The highest BCUT2D eigenvalue weighted by molar-refractivity contribution is 6.19. The smallest absolute Gasteiger partial charge is 0.104 e. The molecule has 0 amide bonds. The third kappa shape index (κ3) is 7.97. The van der Waals surface area contributed by atoms with Crippen LogP contribution in [0.25, 0.3) is 166 Å². The second kappa shape index (κ2) is 21.0. The number of fused-ring (bicyclic) bond motifs is 12. The van der Waals surface area contributed by atoms with E-state index in [0.717, 1.165) is 177 Å². The van der Waals surface area contributed by atoms with Gasteiger partial charge in [-0.2, -0.15) is 5.26 Å². The summed E-state index contributed by atoms with van der Waals surface area (Å²) < 4.78 is 9.91. The summed E-state index contributed by atoms with van der Waals surface area (Å²) in [6, 6.07) is 116. The van der Waals surface area contributed by atoms with E-state index in [9.17, 15) is 5.26 Å². The van der Waals surface area contributed by atoms with Gasteiger partial charge in [-0.3, -0.25) is 0 Å². The average molecular weight is 1170 g/mol. The van der Waals surface area contributed by atoms with E-state index in [1.807, 2.05) is 0 Å². The van der Waals surface area contributed by atoms with Crippen LogP contribution in [-0.4, -0.2) is 18.3 Å². The molecule has 5 heteroatoms. The molecule has 0 spiro atoms. The fourth-order valence-corrected chi connectivity index (χ4v) is 15.2. The molecule has 4 aromatic heterocycles. The van der Waals surface area contributed by atoms with E-state index in [1.54, 1.807) is 0 Å². The Hall–Kier alpha value is -12.2. The van der Waals surface area contributed by atoms with E-state index < -0.39 is 0 Å². The number of hydrogen-bond donors (Lipinski definition) is 0. The summed E-state index contributed by atoms with van der Waals surface area (Å²) in [4.78, 5) is 0. The number of aryl methyl sites for hydroxylation is 2. The normalized spacial score (nSPS) is 11.8. The Morgan fingerprint density at radius 3 is 0.750 bits per heavy atom. The van der Waals surface area contributed by atoms with Crippen LogP contribution in [0.4, 0.5) is 0 Å². The van der Waals surface area contributed by atoms with Gasteiger partial charge in [0.25, 0.3) is 0 Å². The minimum atomic E-state index is 0.525. The number of nitriles is 1. The van der Waals surface area contributed by atoms with E-state index in [4.69, 9.17) is 0 Å². The van der Waals surface area contributed by atoms with Crippen LogP contribution in [0.5, 0.6) is 0 Å². The highest BCUT2D eigenvalue weighted by Gasteiger charge is 2.36. The van der Waals surface area contributed by atoms with Crippen LogP contribution in [0, 0.1) is 25.2 Å². The largest absolute Gasteiger partial charge is 0.306 e. The number of hydrogen-bond acceptors (Lipinski definition) is 1. The zero-order chi connectivity index (χ0) is 61.1. The van der Waals surface area contributed by atoms with E-state index in [1.165, 1.54) is 0 Å². The Kier molecular flexibility index (Phi) is 12.0. The van der Waals surface area contributed by atoms with Gasteiger partial charge in [0.05, 0.1) is 66.9 Å². The molecule has 18 rings (SSSR count). The maximum Gasteiger partial charge on any atom is 0.104 e. The zero-order valence-electron chi connectivity index (χ0n) is 50.7. The molecule has 4 heterocycles. The van der Waals surface area contributed by atoms with Crippen LogP contribution >= 0.6 is 0 Å². The second-order valence-electron chi connectivity index (χ2n) is 24.3. The van der Waals surface area contributed by atoms with Gasteiger partial charge in [-0.05, 0) is 148 Å². The van der Waals surface area contributed by atoms with Gasteiger partial charge < -0.3 is 18.3 Å². The van der Waals surface area contributed by atoms with Gasteiger partial charge >= 0.3 is 0 Å². The molecule has 0 aliphatic carbocycles. The first kappa shape index (κ1) is 52.9. The molecule has 5 nitrogen and oxygen atoms in total. The molecule has 430 valence electrons. The zero-order valence-corrected chi connectivity index (χ0v) is 50.7. The molecule has 0 bridgehead atoms. The van der Waals surface area contributed by atoms with Gasteiger partial charge in [-0.1, -0.05) is 237 Å². The molecule has 0 saturated heterocycles. The van der Waals surface area contributed by atoms with Crippen molar-refractivity contribution >= 4 is 87.2 Å².